The quantitative estimate of drug-likeness (QED) is 0.775. The predicted octanol–water partition coefficient (Wildman–Crippen LogP) is 2.39. The molecule has 0 aliphatic heterocycles. The third-order valence-electron chi connectivity index (χ3n) is 3.33. The first-order valence-corrected chi connectivity index (χ1v) is 7.77. The fourth-order valence-electron chi connectivity index (χ4n) is 2.23. The number of fused-ring (bicyclic) bond motifs is 1. The number of hydrogen-bond donors (Lipinski definition) is 2. The van der Waals surface area contributed by atoms with Crippen molar-refractivity contribution < 1.29 is 4.79 Å². The van der Waals surface area contributed by atoms with E-state index in [1.165, 1.54) is 11.3 Å². The lowest BCUT2D eigenvalue weighted by atomic mass is 10.1. The number of nitrogens with two attached hydrogens (primary N) is 1. The number of carbonyl (C=O) groups is 1. The average molecular weight is 312 g/mol. The van der Waals surface area contributed by atoms with Gasteiger partial charge in [-0.05, 0) is 24.6 Å². The van der Waals surface area contributed by atoms with E-state index in [1.54, 1.807) is 6.20 Å². The van der Waals surface area contributed by atoms with E-state index in [1.807, 2.05) is 37.3 Å². The van der Waals surface area contributed by atoms with E-state index in [2.05, 4.69) is 15.3 Å². The van der Waals surface area contributed by atoms with Gasteiger partial charge in [0.1, 0.15) is 10.7 Å². The normalized spacial score (nSPS) is 10.8. The third kappa shape index (κ3) is 2.98. The number of aromatic nitrogens is 2. The van der Waals surface area contributed by atoms with Crippen LogP contribution in [0.15, 0.2) is 36.5 Å². The van der Waals surface area contributed by atoms with Crippen LogP contribution in [0.25, 0.3) is 10.9 Å². The summed E-state index contributed by atoms with van der Waals surface area (Å²) in [6.07, 6.45) is 1.78. The molecule has 0 radical (unpaired) electrons. The third-order valence-corrected chi connectivity index (χ3v) is 4.32. The van der Waals surface area contributed by atoms with Gasteiger partial charge in [-0.1, -0.05) is 18.2 Å². The average Bonchev–Trinajstić information content (AvgIpc) is 2.93. The number of rotatable bonds is 4. The molecule has 1 aromatic carbocycles. The summed E-state index contributed by atoms with van der Waals surface area (Å²) < 4.78 is 0. The van der Waals surface area contributed by atoms with Gasteiger partial charge in [0.05, 0.1) is 5.52 Å². The molecule has 1 amide bonds. The molecule has 3 rings (SSSR count). The highest BCUT2D eigenvalue weighted by Gasteiger charge is 2.14. The van der Waals surface area contributed by atoms with Crippen molar-refractivity contribution in [2.24, 2.45) is 5.73 Å². The summed E-state index contributed by atoms with van der Waals surface area (Å²) in [6, 6.07) is 9.93. The zero-order valence-corrected chi connectivity index (χ0v) is 13.0. The summed E-state index contributed by atoms with van der Waals surface area (Å²) in [4.78, 5) is 21.7. The molecule has 2 heterocycles. The SMILES string of the molecule is Cc1sc(CN)nc1C(=O)NCc1cnc2ccccc2c1. The summed E-state index contributed by atoms with van der Waals surface area (Å²) in [6.45, 7) is 2.66. The number of carbonyl (C=O) groups excluding carboxylic acids is 1. The molecule has 0 bridgehead atoms. The van der Waals surface area contributed by atoms with Gasteiger partial charge < -0.3 is 11.1 Å². The first-order valence-electron chi connectivity index (χ1n) is 6.95. The Hall–Kier alpha value is -2.31. The van der Waals surface area contributed by atoms with E-state index in [4.69, 9.17) is 5.73 Å². The molecule has 0 saturated heterocycles. The second kappa shape index (κ2) is 6.21. The van der Waals surface area contributed by atoms with Crippen LogP contribution in [0.2, 0.25) is 0 Å². The highest BCUT2D eigenvalue weighted by Crippen LogP contribution is 2.17. The molecule has 112 valence electrons. The van der Waals surface area contributed by atoms with E-state index in [0.717, 1.165) is 26.4 Å². The van der Waals surface area contributed by atoms with Gasteiger partial charge in [-0.2, -0.15) is 0 Å². The minimum Gasteiger partial charge on any atom is -0.347 e. The first-order chi connectivity index (χ1) is 10.7. The number of amides is 1. The second-order valence-electron chi connectivity index (χ2n) is 4.94. The second-order valence-corrected chi connectivity index (χ2v) is 6.22. The maximum atomic E-state index is 12.2. The molecule has 22 heavy (non-hydrogen) atoms. The minimum absolute atomic E-state index is 0.179. The van der Waals surface area contributed by atoms with Crippen LogP contribution in [0.3, 0.4) is 0 Å². The fourth-order valence-corrected chi connectivity index (χ4v) is 3.04. The smallest absolute Gasteiger partial charge is 0.271 e. The number of nitrogens with one attached hydrogen (secondary N) is 1. The maximum absolute atomic E-state index is 12.2. The van der Waals surface area contributed by atoms with Crippen molar-refractivity contribution in [1.82, 2.24) is 15.3 Å². The Morgan fingerprint density at radius 2 is 2.18 bits per heavy atom. The molecule has 0 unspecified atom stereocenters. The summed E-state index contributed by atoms with van der Waals surface area (Å²) in [7, 11) is 0. The van der Waals surface area contributed by atoms with Crippen LogP contribution in [0, 0.1) is 6.92 Å². The van der Waals surface area contributed by atoms with Gasteiger partial charge in [0.15, 0.2) is 0 Å². The molecule has 0 atom stereocenters. The van der Waals surface area contributed by atoms with Crippen molar-refractivity contribution >= 4 is 28.1 Å². The summed E-state index contributed by atoms with van der Waals surface area (Å²) >= 11 is 1.46. The Kier molecular flexibility index (Phi) is 4.13. The molecule has 0 fully saturated rings. The number of pyridine rings is 1. The van der Waals surface area contributed by atoms with Gasteiger partial charge in [-0.3, -0.25) is 9.78 Å². The van der Waals surface area contributed by atoms with E-state index < -0.39 is 0 Å². The van der Waals surface area contributed by atoms with Gasteiger partial charge in [-0.15, -0.1) is 11.3 Å². The fraction of sp³-hybridized carbons (Fsp3) is 0.188. The molecule has 3 N–H and O–H groups in total. The zero-order valence-electron chi connectivity index (χ0n) is 12.2. The van der Waals surface area contributed by atoms with Crippen LogP contribution < -0.4 is 11.1 Å². The van der Waals surface area contributed by atoms with Crippen LogP contribution in [0.5, 0.6) is 0 Å². The van der Waals surface area contributed by atoms with Crippen LogP contribution in [0.4, 0.5) is 0 Å². The summed E-state index contributed by atoms with van der Waals surface area (Å²) in [5.74, 6) is -0.179. The Labute approximate surface area is 132 Å². The topological polar surface area (TPSA) is 80.9 Å². The Morgan fingerprint density at radius 3 is 2.95 bits per heavy atom. The Morgan fingerprint density at radius 1 is 1.36 bits per heavy atom. The minimum atomic E-state index is -0.179. The lowest BCUT2D eigenvalue weighted by Crippen LogP contribution is -2.24. The number of aryl methyl sites for hydroxylation is 1. The molecule has 3 aromatic rings. The van der Waals surface area contributed by atoms with Crippen LogP contribution >= 0.6 is 11.3 Å². The standard InChI is InChI=1S/C16H16N4OS/c1-10-15(20-14(7-17)22-10)16(21)19-9-11-6-12-4-2-3-5-13(12)18-8-11/h2-6,8H,7,9,17H2,1H3,(H,19,21). The number of hydrogen-bond acceptors (Lipinski definition) is 5. The largest absolute Gasteiger partial charge is 0.347 e. The van der Waals surface area contributed by atoms with E-state index in [0.29, 0.717) is 18.8 Å². The Bertz CT molecular complexity index is 828. The number of benzene rings is 1. The molecule has 0 aliphatic rings. The van der Waals surface area contributed by atoms with Crippen LogP contribution in [-0.2, 0) is 13.1 Å². The van der Waals surface area contributed by atoms with Crippen molar-refractivity contribution in [3.8, 4) is 0 Å². The molecule has 6 heteroatoms. The van der Waals surface area contributed by atoms with Gasteiger partial charge in [-0.25, -0.2) is 4.98 Å². The van der Waals surface area contributed by atoms with Crippen LogP contribution in [0.1, 0.15) is 25.9 Å². The molecule has 0 spiro atoms. The van der Waals surface area contributed by atoms with Gasteiger partial charge >= 0.3 is 0 Å². The Balaban J connectivity index is 1.72. The number of nitrogens with zero attached hydrogens (tertiary/aromatic N) is 2. The van der Waals surface area contributed by atoms with E-state index >= 15 is 0 Å². The highest BCUT2D eigenvalue weighted by molar-refractivity contribution is 7.11. The lowest BCUT2D eigenvalue weighted by molar-refractivity contribution is 0.0946. The van der Waals surface area contributed by atoms with Crippen molar-refractivity contribution in [1.29, 1.82) is 0 Å². The highest BCUT2D eigenvalue weighted by atomic mass is 32.1. The van der Waals surface area contributed by atoms with Crippen molar-refractivity contribution in [2.75, 3.05) is 0 Å². The molecule has 5 nitrogen and oxygen atoms in total. The predicted molar refractivity (Wildman–Crippen MR) is 87.7 cm³/mol. The van der Waals surface area contributed by atoms with Crippen molar-refractivity contribution in [3.63, 3.8) is 0 Å². The van der Waals surface area contributed by atoms with E-state index in [9.17, 15) is 4.79 Å². The van der Waals surface area contributed by atoms with Gasteiger partial charge in [0, 0.05) is 29.5 Å². The van der Waals surface area contributed by atoms with Crippen LogP contribution in [-0.4, -0.2) is 15.9 Å². The van der Waals surface area contributed by atoms with Gasteiger partial charge in [0.25, 0.3) is 5.91 Å². The van der Waals surface area contributed by atoms with E-state index in [-0.39, 0.29) is 5.91 Å². The monoisotopic (exact) mass is 312 g/mol. The maximum Gasteiger partial charge on any atom is 0.271 e. The molecule has 2 aromatic heterocycles. The van der Waals surface area contributed by atoms with Crippen molar-refractivity contribution in [3.05, 3.63) is 57.7 Å². The van der Waals surface area contributed by atoms with Gasteiger partial charge in [0.2, 0.25) is 0 Å². The zero-order chi connectivity index (χ0) is 15.5. The van der Waals surface area contributed by atoms with Crippen molar-refractivity contribution in [2.45, 2.75) is 20.0 Å². The molecule has 0 aliphatic carbocycles. The summed E-state index contributed by atoms with van der Waals surface area (Å²) in [5.41, 5.74) is 7.92. The molecule has 0 saturated carbocycles. The number of para-hydroxylation sites is 1. The number of thiazole rings is 1. The summed E-state index contributed by atoms with van der Waals surface area (Å²) in [5, 5.41) is 4.72. The lowest BCUT2D eigenvalue weighted by Gasteiger charge is -2.05. The molecular formula is C16H16N4OS. The first kappa shape index (κ1) is 14.6. The molecular weight excluding hydrogens is 296 g/mol.